The van der Waals surface area contributed by atoms with E-state index >= 15 is 0 Å². The lowest BCUT2D eigenvalue weighted by Gasteiger charge is -2.35. The normalized spacial score (nSPS) is 25.9. The molecule has 88 valence electrons. The molecule has 0 aromatic heterocycles. The molecule has 0 bridgehead atoms. The third kappa shape index (κ3) is 4.20. The first-order chi connectivity index (χ1) is 6.78. The highest BCUT2D eigenvalue weighted by molar-refractivity contribution is 5.76. The Morgan fingerprint density at radius 2 is 1.93 bits per heavy atom. The van der Waals surface area contributed by atoms with Crippen molar-refractivity contribution in [3.8, 4) is 0 Å². The predicted molar refractivity (Wildman–Crippen MR) is 60.4 cm³/mol. The zero-order valence-electron chi connectivity index (χ0n) is 10.3. The van der Waals surface area contributed by atoms with Gasteiger partial charge in [0, 0.05) is 20.0 Å². The lowest BCUT2D eigenvalue weighted by Crippen LogP contribution is -2.40. The molecular weight excluding hydrogens is 190 g/mol. The van der Waals surface area contributed by atoms with Crippen molar-refractivity contribution in [2.24, 2.45) is 11.3 Å². The summed E-state index contributed by atoms with van der Waals surface area (Å²) in [5, 5.41) is 9.15. The van der Waals surface area contributed by atoms with E-state index in [1.807, 2.05) is 11.9 Å². The molecule has 0 aliphatic heterocycles. The summed E-state index contributed by atoms with van der Waals surface area (Å²) in [6.07, 6.45) is 2.18. The second-order valence-corrected chi connectivity index (χ2v) is 6.00. The van der Waals surface area contributed by atoms with Gasteiger partial charge in [-0.3, -0.25) is 4.79 Å². The number of carbonyl (C=O) groups is 1. The van der Waals surface area contributed by atoms with Crippen molar-refractivity contribution in [2.45, 2.75) is 46.1 Å². The summed E-state index contributed by atoms with van der Waals surface area (Å²) < 4.78 is 0. The highest BCUT2D eigenvalue weighted by Gasteiger charge is 2.29. The van der Waals surface area contributed by atoms with Crippen LogP contribution in [0.1, 0.15) is 40.0 Å². The quantitative estimate of drug-likeness (QED) is 0.774. The molecule has 0 atom stereocenters. The molecule has 15 heavy (non-hydrogen) atoms. The van der Waals surface area contributed by atoms with Crippen LogP contribution in [0.15, 0.2) is 0 Å². The van der Waals surface area contributed by atoms with Crippen molar-refractivity contribution in [1.29, 1.82) is 0 Å². The van der Waals surface area contributed by atoms with Crippen molar-refractivity contribution in [3.63, 3.8) is 0 Å². The number of aliphatic hydroxyl groups is 1. The number of nitrogens with zero attached hydrogens (tertiary/aromatic N) is 1. The van der Waals surface area contributed by atoms with Gasteiger partial charge in [-0.05, 0) is 24.2 Å². The molecule has 1 rings (SSSR count). The summed E-state index contributed by atoms with van der Waals surface area (Å²) in [7, 11) is 1.86. The largest absolute Gasteiger partial charge is 0.393 e. The van der Waals surface area contributed by atoms with Crippen LogP contribution in [-0.4, -0.2) is 35.6 Å². The maximum Gasteiger partial charge on any atom is 0.222 e. The van der Waals surface area contributed by atoms with E-state index in [2.05, 4.69) is 20.8 Å². The van der Waals surface area contributed by atoms with Crippen LogP contribution in [0.2, 0.25) is 0 Å². The highest BCUT2D eigenvalue weighted by Crippen LogP contribution is 2.28. The first-order valence-corrected chi connectivity index (χ1v) is 5.70. The van der Waals surface area contributed by atoms with Gasteiger partial charge in [-0.1, -0.05) is 20.8 Å². The van der Waals surface area contributed by atoms with Crippen molar-refractivity contribution >= 4 is 5.91 Å². The molecule has 1 amide bonds. The summed E-state index contributed by atoms with van der Waals surface area (Å²) in [5.74, 6) is 0.720. The molecule has 1 fully saturated rings. The summed E-state index contributed by atoms with van der Waals surface area (Å²) in [6.45, 7) is 7.02. The first kappa shape index (κ1) is 12.5. The van der Waals surface area contributed by atoms with Gasteiger partial charge in [-0.2, -0.15) is 0 Å². The van der Waals surface area contributed by atoms with Crippen molar-refractivity contribution < 1.29 is 9.90 Å². The van der Waals surface area contributed by atoms with Crippen LogP contribution < -0.4 is 0 Å². The third-order valence-corrected chi connectivity index (χ3v) is 2.85. The summed E-state index contributed by atoms with van der Waals surface area (Å²) in [6, 6.07) is 0. The van der Waals surface area contributed by atoms with E-state index in [-0.39, 0.29) is 17.4 Å². The molecule has 0 radical (unpaired) electrons. The van der Waals surface area contributed by atoms with Crippen molar-refractivity contribution in [2.75, 3.05) is 13.6 Å². The van der Waals surface area contributed by atoms with Crippen molar-refractivity contribution in [1.82, 2.24) is 4.90 Å². The standard InChI is InChI=1S/C12H23NO2/c1-12(2,3)7-11(15)13(4)8-9-5-10(14)6-9/h9-10,14H,5-8H2,1-4H3. The Bertz CT molecular complexity index is 226. The molecule has 0 saturated heterocycles. The second kappa shape index (κ2) is 4.52. The number of carbonyl (C=O) groups excluding carboxylic acids is 1. The average molecular weight is 213 g/mol. The second-order valence-electron chi connectivity index (χ2n) is 6.00. The molecule has 0 heterocycles. The number of amides is 1. The van der Waals surface area contributed by atoms with E-state index in [0.29, 0.717) is 12.3 Å². The minimum atomic E-state index is -0.124. The summed E-state index contributed by atoms with van der Waals surface area (Å²) in [4.78, 5) is 13.6. The Morgan fingerprint density at radius 3 is 2.33 bits per heavy atom. The molecular formula is C12H23NO2. The molecule has 0 spiro atoms. The van der Waals surface area contributed by atoms with Gasteiger partial charge in [0.2, 0.25) is 5.91 Å². The zero-order valence-corrected chi connectivity index (χ0v) is 10.3. The van der Waals surface area contributed by atoms with Crippen LogP contribution in [-0.2, 0) is 4.79 Å². The Balaban J connectivity index is 2.27. The van der Waals surface area contributed by atoms with Gasteiger partial charge >= 0.3 is 0 Å². The molecule has 1 aliphatic rings. The van der Waals surface area contributed by atoms with E-state index in [9.17, 15) is 4.79 Å². The van der Waals surface area contributed by atoms with Crippen LogP contribution in [0.25, 0.3) is 0 Å². The van der Waals surface area contributed by atoms with Gasteiger partial charge in [0.1, 0.15) is 0 Å². The number of aliphatic hydroxyl groups excluding tert-OH is 1. The minimum absolute atomic E-state index is 0.0600. The van der Waals surface area contributed by atoms with Gasteiger partial charge < -0.3 is 10.0 Å². The van der Waals surface area contributed by atoms with E-state index in [1.54, 1.807) is 0 Å². The van der Waals surface area contributed by atoms with Gasteiger partial charge in [0.25, 0.3) is 0 Å². The van der Waals surface area contributed by atoms with Crippen LogP contribution in [0, 0.1) is 11.3 Å². The fourth-order valence-electron chi connectivity index (χ4n) is 1.93. The minimum Gasteiger partial charge on any atom is -0.393 e. The fourth-order valence-corrected chi connectivity index (χ4v) is 1.93. The maximum absolute atomic E-state index is 11.8. The lowest BCUT2D eigenvalue weighted by molar-refractivity contribution is -0.133. The molecule has 3 nitrogen and oxygen atoms in total. The van der Waals surface area contributed by atoms with Crippen LogP contribution >= 0.6 is 0 Å². The highest BCUT2D eigenvalue weighted by atomic mass is 16.3. The zero-order chi connectivity index (χ0) is 11.6. The Kier molecular flexibility index (Phi) is 3.77. The van der Waals surface area contributed by atoms with Crippen molar-refractivity contribution in [3.05, 3.63) is 0 Å². The van der Waals surface area contributed by atoms with Crippen LogP contribution in [0.5, 0.6) is 0 Å². The summed E-state index contributed by atoms with van der Waals surface area (Å²) in [5.41, 5.74) is 0.0600. The predicted octanol–water partition coefficient (Wildman–Crippen LogP) is 1.65. The van der Waals surface area contributed by atoms with E-state index in [0.717, 1.165) is 19.4 Å². The number of hydrogen-bond acceptors (Lipinski definition) is 2. The molecule has 1 saturated carbocycles. The van der Waals surface area contributed by atoms with Gasteiger partial charge in [0.05, 0.1) is 6.10 Å². The van der Waals surface area contributed by atoms with Crippen LogP contribution in [0.4, 0.5) is 0 Å². The number of rotatable bonds is 3. The molecule has 0 aromatic rings. The molecule has 3 heteroatoms. The fraction of sp³-hybridized carbons (Fsp3) is 0.917. The monoisotopic (exact) mass is 213 g/mol. The van der Waals surface area contributed by atoms with E-state index < -0.39 is 0 Å². The van der Waals surface area contributed by atoms with Gasteiger partial charge in [-0.15, -0.1) is 0 Å². The Morgan fingerprint density at radius 1 is 1.40 bits per heavy atom. The molecule has 1 aliphatic carbocycles. The van der Waals surface area contributed by atoms with E-state index in [4.69, 9.17) is 5.11 Å². The van der Waals surface area contributed by atoms with Crippen LogP contribution in [0.3, 0.4) is 0 Å². The molecule has 0 unspecified atom stereocenters. The van der Waals surface area contributed by atoms with Gasteiger partial charge in [-0.25, -0.2) is 0 Å². The lowest BCUT2D eigenvalue weighted by atomic mass is 9.82. The molecule has 0 aromatic carbocycles. The smallest absolute Gasteiger partial charge is 0.222 e. The average Bonchev–Trinajstić information content (AvgIpc) is 1.98. The maximum atomic E-state index is 11.8. The Labute approximate surface area is 92.5 Å². The first-order valence-electron chi connectivity index (χ1n) is 5.70. The summed E-state index contributed by atoms with van der Waals surface area (Å²) >= 11 is 0. The molecule has 1 N–H and O–H groups in total. The Hall–Kier alpha value is -0.570. The SMILES string of the molecule is CN(CC1CC(O)C1)C(=O)CC(C)(C)C. The topological polar surface area (TPSA) is 40.5 Å². The number of hydrogen-bond donors (Lipinski definition) is 1. The van der Waals surface area contributed by atoms with E-state index in [1.165, 1.54) is 0 Å². The van der Waals surface area contributed by atoms with Gasteiger partial charge in [0.15, 0.2) is 0 Å². The third-order valence-electron chi connectivity index (χ3n) is 2.85.